The Morgan fingerprint density at radius 1 is 1.13 bits per heavy atom. The van der Waals surface area contributed by atoms with Gasteiger partial charge in [-0.05, 0) is 60.5 Å². The van der Waals surface area contributed by atoms with Crippen molar-refractivity contribution in [3.63, 3.8) is 0 Å². The molecule has 1 unspecified atom stereocenters. The van der Waals surface area contributed by atoms with Gasteiger partial charge in [0.05, 0.1) is 33.0 Å². The maximum atomic E-state index is 11.9. The largest absolute Gasteiger partial charge is 0.366 e. The molecular weight excluding hydrogens is 400 g/mol. The lowest BCUT2D eigenvalue weighted by atomic mass is 10.2. The van der Waals surface area contributed by atoms with Crippen molar-refractivity contribution in [2.24, 2.45) is 10.9 Å². The zero-order valence-corrected chi connectivity index (χ0v) is 16.8. The first-order valence-corrected chi connectivity index (χ1v) is 10.8. The number of carbonyl (C=O) groups excluding carboxylic acids is 1. The fraction of sp³-hybridized carbons (Fsp3) is 0.0476. The molecule has 0 fully saturated rings. The highest BCUT2D eigenvalue weighted by molar-refractivity contribution is 7.98. The number of fused-ring (bicyclic) bond motifs is 1. The predicted octanol–water partition coefficient (Wildman–Crippen LogP) is 2.27. The van der Waals surface area contributed by atoms with E-state index in [9.17, 15) is 9.00 Å². The summed E-state index contributed by atoms with van der Waals surface area (Å²) >= 11 is 0. The first kappa shape index (κ1) is 19.6. The number of rotatable bonds is 6. The molecule has 5 N–H and O–H groups in total. The van der Waals surface area contributed by atoms with E-state index in [1.54, 1.807) is 42.6 Å². The van der Waals surface area contributed by atoms with E-state index < -0.39 is 15.6 Å². The maximum Gasteiger partial charge on any atom is 0.248 e. The molecule has 2 aromatic carbocycles. The van der Waals surface area contributed by atoms with Crippen LogP contribution in [-0.4, -0.2) is 30.5 Å². The second-order valence-electron chi connectivity index (χ2n) is 6.79. The number of pyridine rings is 1. The molecule has 0 bridgehead atoms. The standard InChI is InChI=1S/C21H20N6O2S/c1-30(23,29)17-8-6-15(7-9-17)25-21-26-18-12-14(20(22)28)5-10-19(18)27(21)13-16-4-2-3-11-24-16/h2-12H,1,13H2,(H2,22,28)(H2,23,29)(H,25,26). The summed E-state index contributed by atoms with van der Waals surface area (Å²) in [7, 11) is -2.78. The number of nitrogens with two attached hydrogens (primary N) is 2. The van der Waals surface area contributed by atoms with E-state index in [0.717, 1.165) is 16.9 Å². The molecule has 30 heavy (non-hydrogen) atoms. The molecule has 0 aliphatic heterocycles. The minimum atomic E-state index is -2.78. The number of aromatic nitrogens is 3. The normalized spacial score (nSPS) is 13.1. The van der Waals surface area contributed by atoms with Crippen LogP contribution in [0, 0.1) is 0 Å². The molecule has 2 heterocycles. The van der Waals surface area contributed by atoms with Crippen LogP contribution in [-0.2, 0) is 16.3 Å². The number of amides is 1. The molecule has 0 saturated heterocycles. The minimum absolute atomic E-state index is 0.383. The highest BCUT2D eigenvalue weighted by atomic mass is 32.2. The summed E-state index contributed by atoms with van der Waals surface area (Å²) in [6.07, 6.45) is 1.73. The van der Waals surface area contributed by atoms with Crippen LogP contribution in [0.3, 0.4) is 0 Å². The van der Waals surface area contributed by atoms with Crippen molar-refractivity contribution in [3.8, 4) is 0 Å². The van der Waals surface area contributed by atoms with Gasteiger partial charge in [0, 0.05) is 22.3 Å². The number of anilines is 2. The first-order chi connectivity index (χ1) is 14.3. The number of imidazole rings is 1. The van der Waals surface area contributed by atoms with Crippen LogP contribution in [0.5, 0.6) is 0 Å². The molecule has 1 amide bonds. The van der Waals surface area contributed by atoms with Crippen LogP contribution in [0.25, 0.3) is 11.0 Å². The summed E-state index contributed by atoms with van der Waals surface area (Å²) in [5.41, 5.74) is 8.83. The Morgan fingerprint density at radius 3 is 2.53 bits per heavy atom. The van der Waals surface area contributed by atoms with Gasteiger partial charge < -0.3 is 15.6 Å². The van der Waals surface area contributed by atoms with Crippen LogP contribution in [0.2, 0.25) is 0 Å². The summed E-state index contributed by atoms with van der Waals surface area (Å²) in [5.74, 6) is 3.54. The predicted molar refractivity (Wildman–Crippen MR) is 119 cm³/mol. The van der Waals surface area contributed by atoms with Crippen molar-refractivity contribution in [2.75, 3.05) is 5.32 Å². The van der Waals surface area contributed by atoms with Gasteiger partial charge in [-0.1, -0.05) is 6.07 Å². The molecule has 0 aliphatic carbocycles. The van der Waals surface area contributed by atoms with E-state index in [1.165, 1.54) is 0 Å². The van der Waals surface area contributed by atoms with E-state index in [2.05, 4.69) is 21.2 Å². The smallest absolute Gasteiger partial charge is 0.248 e. The Kier molecular flexibility index (Phi) is 4.98. The summed E-state index contributed by atoms with van der Waals surface area (Å²) in [6, 6.07) is 17.7. The van der Waals surface area contributed by atoms with E-state index in [4.69, 9.17) is 10.9 Å². The Balaban J connectivity index is 1.76. The Hall–Kier alpha value is -3.69. The topological polar surface area (TPSA) is 129 Å². The second kappa shape index (κ2) is 7.62. The van der Waals surface area contributed by atoms with Crippen LogP contribution in [0.1, 0.15) is 16.1 Å². The van der Waals surface area contributed by atoms with E-state index in [0.29, 0.717) is 28.5 Å². The molecular formula is C21H20N6O2S. The number of carbonyl (C=O) groups is 1. The summed E-state index contributed by atoms with van der Waals surface area (Å²) in [4.78, 5) is 21.0. The summed E-state index contributed by atoms with van der Waals surface area (Å²) in [6.45, 7) is 0.475. The number of benzene rings is 2. The van der Waals surface area contributed by atoms with Gasteiger partial charge in [-0.3, -0.25) is 14.9 Å². The van der Waals surface area contributed by atoms with Crippen molar-refractivity contribution in [2.45, 2.75) is 11.4 Å². The third kappa shape index (κ3) is 4.02. The van der Waals surface area contributed by atoms with Gasteiger partial charge in [-0.2, -0.15) is 0 Å². The van der Waals surface area contributed by atoms with E-state index in [-0.39, 0.29) is 0 Å². The third-order valence-electron chi connectivity index (χ3n) is 4.59. The number of nitrogens with one attached hydrogen (secondary N) is 1. The van der Waals surface area contributed by atoms with Gasteiger partial charge in [0.15, 0.2) is 0 Å². The number of primary amides is 1. The monoisotopic (exact) mass is 420 g/mol. The molecule has 152 valence electrons. The first-order valence-electron chi connectivity index (χ1n) is 9.03. The molecule has 4 rings (SSSR count). The van der Waals surface area contributed by atoms with Crippen LogP contribution in [0.4, 0.5) is 11.6 Å². The lowest BCUT2D eigenvalue weighted by molar-refractivity contribution is 0.100. The fourth-order valence-corrected chi connectivity index (χ4v) is 3.69. The number of hydrogen-bond donors (Lipinski definition) is 3. The zero-order valence-electron chi connectivity index (χ0n) is 16.0. The SMILES string of the molecule is C=S(N)(=O)c1ccc(Nc2nc3cc(C(N)=O)ccc3n2Cc2ccccn2)cc1. The fourth-order valence-electron chi connectivity index (χ4n) is 3.09. The van der Waals surface area contributed by atoms with Gasteiger partial charge in [0.2, 0.25) is 11.9 Å². The molecule has 1 atom stereocenters. The Bertz CT molecular complexity index is 1330. The lowest BCUT2D eigenvalue weighted by Gasteiger charge is -2.11. The Labute approximate surface area is 173 Å². The van der Waals surface area contributed by atoms with Crippen LogP contribution < -0.4 is 16.2 Å². The molecule has 0 spiro atoms. The molecule has 9 heteroatoms. The van der Waals surface area contributed by atoms with E-state index in [1.807, 2.05) is 28.8 Å². The van der Waals surface area contributed by atoms with Gasteiger partial charge in [-0.25, -0.2) is 9.19 Å². The number of hydrogen-bond acceptors (Lipinski definition) is 5. The van der Waals surface area contributed by atoms with Gasteiger partial charge in [0.25, 0.3) is 0 Å². The summed E-state index contributed by atoms with van der Waals surface area (Å²) in [5, 5.41) is 8.86. The maximum absolute atomic E-state index is 11.9. The summed E-state index contributed by atoms with van der Waals surface area (Å²) < 4.78 is 13.9. The Morgan fingerprint density at radius 2 is 1.90 bits per heavy atom. The molecule has 0 aliphatic rings. The second-order valence-corrected chi connectivity index (χ2v) is 8.71. The molecule has 0 saturated carbocycles. The van der Waals surface area contributed by atoms with Crippen LogP contribution >= 0.6 is 0 Å². The average molecular weight is 420 g/mol. The average Bonchev–Trinajstić information content (AvgIpc) is 3.04. The van der Waals surface area contributed by atoms with Crippen molar-refractivity contribution < 1.29 is 9.00 Å². The van der Waals surface area contributed by atoms with Crippen molar-refractivity contribution in [3.05, 3.63) is 78.1 Å². The molecule has 8 nitrogen and oxygen atoms in total. The van der Waals surface area contributed by atoms with Gasteiger partial charge in [0.1, 0.15) is 0 Å². The van der Waals surface area contributed by atoms with E-state index >= 15 is 0 Å². The van der Waals surface area contributed by atoms with Crippen molar-refractivity contribution in [1.82, 2.24) is 14.5 Å². The van der Waals surface area contributed by atoms with Crippen molar-refractivity contribution >= 4 is 44.2 Å². The molecule has 0 radical (unpaired) electrons. The van der Waals surface area contributed by atoms with Gasteiger partial charge in [-0.15, -0.1) is 0 Å². The molecule has 4 aromatic rings. The lowest BCUT2D eigenvalue weighted by Crippen LogP contribution is -2.11. The highest BCUT2D eigenvalue weighted by Gasteiger charge is 2.14. The van der Waals surface area contributed by atoms with Gasteiger partial charge >= 0.3 is 0 Å². The quantitative estimate of drug-likeness (QED) is 0.412. The molecule has 2 aromatic heterocycles. The number of nitrogens with zero attached hydrogens (tertiary/aromatic N) is 3. The third-order valence-corrected chi connectivity index (χ3v) is 5.66. The van der Waals surface area contributed by atoms with Crippen molar-refractivity contribution in [1.29, 1.82) is 0 Å². The minimum Gasteiger partial charge on any atom is -0.366 e. The highest BCUT2D eigenvalue weighted by Crippen LogP contribution is 2.25. The van der Waals surface area contributed by atoms with Crippen LogP contribution in [0.15, 0.2) is 71.8 Å². The zero-order chi connectivity index (χ0) is 21.3.